The van der Waals surface area contributed by atoms with Gasteiger partial charge in [0.1, 0.15) is 11.8 Å². The predicted molar refractivity (Wildman–Crippen MR) is 119 cm³/mol. The zero-order chi connectivity index (χ0) is 20.5. The quantitative estimate of drug-likeness (QED) is 0.229. The number of nitriles is 1. The Morgan fingerprint density at radius 2 is 1.96 bits per heavy atom. The SMILES string of the molecule is C=CCC/C=C(\C)C(=C)/N=C(/C#N)C1=C(C)N(C(=C)c2ccccc2)CCC1. The first-order chi connectivity index (χ1) is 13.5. The van der Waals surface area contributed by atoms with Crippen LogP contribution in [0.15, 0.2) is 89.8 Å². The average molecular weight is 372 g/mol. The third-order valence-electron chi connectivity index (χ3n) is 5.00. The van der Waals surface area contributed by atoms with Gasteiger partial charge in [-0.3, -0.25) is 0 Å². The van der Waals surface area contributed by atoms with E-state index < -0.39 is 0 Å². The van der Waals surface area contributed by atoms with Gasteiger partial charge in [-0.1, -0.05) is 55.6 Å². The summed E-state index contributed by atoms with van der Waals surface area (Å²) in [5.41, 5.74) is 6.14. The topological polar surface area (TPSA) is 39.4 Å². The molecule has 0 unspecified atom stereocenters. The Morgan fingerprint density at radius 1 is 1.25 bits per heavy atom. The van der Waals surface area contributed by atoms with Crippen LogP contribution in [-0.2, 0) is 0 Å². The Morgan fingerprint density at radius 3 is 2.61 bits per heavy atom. The van der Waals surface area contributed by atoms with Gasteiger partial charge in [0, 0.05) is 23.5 Å². The van der Waals surface area contributed by atoms with E-state index in [0.29, 0.717) is 11.4 Å². The fraction of sp³-hybridized carbons (Fsp3) is 0.280. The Bertz CT molecular complexity index is 876. The van der Waals surface area contributed by atoms with Gasteiger partial charge >= 0.3 is 0 Å². The number of benzene rings is 1. The van der Waals surface area contributed by atoms with Gasteiger partial charge in [-0.15, -0.1) is 6.58 Å². The van der Waals surface area contributed by atoms with Crippen molar-refractivity contribution in [3.8, 4) is 6.07 Å². The summed E-state index contributed by atoms with van der Waals surface area (Å²) in [5.74, 6) is 0. The van der Waals surface area contributed by atoms with Gasteiger partial charge in [-0.25, -0.2) is 4.99 Å². The lowest BCUT2D eigenvalue weighted by Crippen LogP contribution is -2.28. The number of aliphatic imine (C=N–C) groups is 1. The molecule has 0 atom stereocenters. The van der Waals surface area contributed by atoms with E-state index in [-0.39, 0.29) is 0 Å². The average Bonchev–Trinajstić information content (AvgIpc) is 2.72. The van der Waals surface area contributed by atoms with Crippen molar-refractivity contribution in [2.75, 3.05) is 6.54 Å². The highest BCUT2D eigenvalue weighted by Crippen LogP contribution is 2.30. The number of hydrogen-bond donors (Lipinski definition) is 0. The number of nitrogens with zero attached hydrogens (tertiary/aromatic N) is 3. The first-order valence-corrected chi connectivity index (χ1v) is 9.67. The normalized spacial score (nSPS) is 15.2. The summed E-state index contributed by atoms with van der Waals surface area (Å²) in [6, 6.07) is 12.4. The molecule has 0 fully saturated rings. The number of allylic oxidation sites excluding steroid dienone is 5. The Kier molecular flexibility index (Phi) is 7.77. The van der Waals surface area contributed by atoms with Crippen LogP contribution in [0.4, 0.5) is 0 Å². The lowest BCUT2D eigenvalue weighted by Gasteiger charge is -2.33. The van der Waals surface area contributed by atoms with Gasteiger partial charge in [0.05, 0.1) is 5.70 Å². The minimum Gasteiger partial charge on any atom is -0.345 e. The van der Waals surface area contributed by atoms with Crippen LogP contribution in [0.3, 0.4) is 0 Å². The zero-order valence-corrected chi connectivity index (χ0v) is 17.0. The molecular formula is C25H29N3. The second kappa shape index (κ2) is 10.3. The largest absolute Gasteiger partial charge is 0.345 e. The monoisotopic (exact) mass is 371 g/mol. The molecule has 0 N–H and O–H groups in total. The van der Waals surface area contributed by atoms with Crippen molar-refractivity contribution < 1.29 is 0 Å². The first-order valence-electron chi connectivity index (χ1n) is 9.67. The highest BCUT2D eigenvalue weighted by Gasteiger charge is 2.22. The number of unbranched alkanes of at least 4 members (excludes halogenated alkanes) is 1. The lowest BCUT2D eigenvalue weighted by atomic mass is 9.97. The van der Waals surface area contributed by atoms with E-state index in [1.807, 2.05) is 38.1 Å². The predicted octanol–water partition coefficient (Wildman–Crippen LogP) is 6.42. The Labute approximate surface area is 169 Å². The minimum atomic E-state index is 0.449. The van der Waals surface area contributed by atoms with Crippen LogP contribution in [0.1, 0.15) is 45.1 Å². The van der Waals surface area contributed by atoms with E-state index in [2.05, 4.69) is 53.9 Å². The summed E-state index contributed by atoms with van der Waals surface area (Å²) in [4.78, 5) is 6.76. The molecule has 1 heterocycles. The summed E-state index contributed by atoms with van der Waals surface area (Å²) in [6.45, 7) is 17.0. The molecule has 1 aliphatic heterocycles. The molecule has 1 aliphatic rings. The van der Waals surface area contributed by atoms with Crippen LogP contribution in [0.25, 0.3) is 5.70 Å². The molecule has 0 bridgehead atoms. The molecule has 3 nitrogen and oxygen atoms in total. The Balaban J connectivity index is 2.30. The molecule has 0 radical (unpaired) electrons. The first kappa shape index (κ1) is 21.2. The highest BCUT2D eigenvalue weighted by atomic mass is 15.2. The van der Waals surface area contributed by atoms with Crippen molar-refractivity contribution in [3.63, 3.8) is 0 Å². The molecule has 0 saturated heterocycles. The molecule has 0 saturated carbocycles. The van der Waals surface area contributed by atoms with Crippen LogP contribution in [0, 0.1) is 11.3 Å². The summed E-state index contributed by atoms with van der Waals surface area (Å²) in [6.07, 6.45) is 7.59. The molecule has 0 amide bonds. The van der Waals surface area contributed by atoms with Gasteiger partial charge in [0.15, 0.2) is 0 Å². The van der Waals surface area contributed by atoms with Crippen LogP contribution < -0.4 is 0 Å². The summed E-state index contributed by atoms with van der Waals surface area (Å²) >= 11 is 0. The molecule has 1 aromatic rings. The molecule has 0 spiro atoms. The minimum absolute atomic E-state index is 0.449. The van der Waals surface area contributed by atoms with Crippen molar-refractivity contribution in [2.45, 2.75) is 39.5 Å². The van der Waals surface area contributed by atoms with Crippen molar-refractivity contribution in [1.29, 1.82) is 5.26 Å². The van der Waals surface area contributed by atoms with E-state index in [1.54, 1.807) is 0 Å². The smallest absolute Gasteiger partial charge is 0.146 e. The van der Waals surface area contributed by atoms with E-state index in [9.17, 15) is 5.26 Å². The summed E-state index contributed by atoms with van der Waals surface area (Å²) < 4.78 is 0. The molecule has 144 valence electrons. The second-order valence-electron chi connectivity index (χ2n) is 6.90. The molecular weight excluding hydrogens is 342 g/mol. The highest BCUT2D eigenvalue weighted by molar-refractivity contribution is 6.12. The second-order valence-corrected chi connectivity index (χ2v) is 6.90. The third-order valence-corrected chi connectivity index (χ3v) is 5.00. The molecule has 1 aromatic carbocycles. The van der Waals surface area contributed by atoms with Crippen LogP contribution in [0.2, 0.25) is 0 Å². The fourth-order valence-corrected chi connectivity index (χ4v) is 3.26. The van der Waals surface area contributed by atoms with E-state index in [0.717, 1.165) is 60.3 Å². The summed E-state index contributed by atoms with van der Waals surface area (Å²) in [7, 11) is 0. The van der Waals surface area contributed by atoms with Crippen molar-refractivity contribution in [3.05, 3.63) is 90.3 Å². The van der Waals surface area contributed by atoms with Crippen LogP contribution in [0.5, 0.6) is 0 Å². The van der Waals surface area contributed by atoms with Gasteiger partial charge in [0.2, 0.25) is 0 Å². The van der Waals surface area contributed by atoms with Gasteiger partial charge in [-0.05, 0) is 50.7 Å². The molecule has 0 aliphatic carbocycles. The van der Waals surface area contributed by atoms with Crippen LogP contribution >= 0.6 is 0 Å². The van der Waals surface area contributed by atoms with Crippen molar-refractivity contribution in [1.82, 2.24) is 4.90 Å². The Hall–Kier alpha value is -3.12. The zero-order valence-electron chi connectivity index (χ0n) is 17.0. The van der Waals surface area contributed by atoms with Gasteiger partial charge in [-0.2, -0.15) is 5.26 Å². The maximum absolute atomic E-state index is 9.75. The van der Waals surface area contributed by atoms with Crippen molar-refractivity contribution >= 4 is 11.4 Å². The van der Waals surface area contributed by atoms with Crippen molar-refractivity contribution in [2.24, 2.45) is 4.99 Å². The maximum atomic E-state index is 9.75. The number of rotatable bonds is 8. The maximum Gasteiger partial charge on any atom is 0.146 e. The lowest BCUT2D eigenvalue weighted by molar-refractivity contribution is 0.445. The van der Waals surface area contributed by atoms with E-state index >= 15 is 0 Å². The summed E-state index contributed by atoms with van der Waals surface area (Å²) in [5, 5.41) is 9.75. The van der Waals surface area contributed by atoms with E-state index in [4.69, 9.17) is 0 Å². The van der Waals surface area contributed by atoms with Gasteiger partial charge < -0.3 is 4.90 Å². The van der Waals surface area contributed by atoms with Gasteiger partial charge in [0.25, 0.3) is 0 Å². The third kappa shape index (κ3) is 5.20. The van der Waals surface area contributed by atoms with Crippen LogP contribution in [-0.4, -0.2) is 17.2 Å². The molecule has 3 heteroatoms. The standard InChI is InChI=1S/C25H29N3/c1-6-7-9-13-19(2)20(3)27-25(18-26)24-16-12-17-28(22(24)5)21(4)23-14-10-8-11-15-23/h6,8,10-11,13-15H,1,3-4,7,9,12,16-17H2,2,5H3/b19-13+,27-25-. The fourth-order valence-electron chi connectivity index (χ4n) is 3.26. The molecule has 28 heavy (non-hydrogen) atoms. The number of hydrogen-bond acceptors (Lipinski definition) is 3. The molecule has 2 rings (SSSR count). The molecule has 0 aromatic heterocycles. The van der Waals surface area contributed by atoms with E-state index in [1.165, 1.54) is 0 Å².